The lowest BCUT2D eigenvalue weighted by Crippen LogP contribution is -2.30. The Morgan fingerprint density at radius 3 is 2.08 bits per heavy atom. The monoisotopic (exact) mass is 168 g/mol. The lowest BCUT2D eigenvalue weighted by Gasteiger charge is -2.18. The van der Waals surface area contributed by atoms with Crippen molar-refractivity contribution >= 4 is 0 Å². The molecule has 4 nitrogen and oxygen atoms in total. The molecular weight excluding hydrogens is 156 g/mol. The van der Waals surface area contributed by atoms with Crippen molar-refractivity contribution in [3.63, 3.8) is 0 Å². The van der Waals surface area contributed by atoms with Gasteiger partial charge in [-0.2, -0.15) is 10.2 Å². The highest BCUT2D eigenvalue weighted by atomic mass is 16.8. The molecule has 3 rings (SSSR count). The molecule has 3 aliphatic rings. The first-order valence-electron chi connectivity index (χ1n) is 4.41. The van der Waals surface area contributed by atoms with E-state index in [0.29, 0.717) is 0 Å². The van der Waals surface area contributed by atoms with Gasteiger partial charge in [-0.15, -0.1) is 0 Å². The summed E-state index contributed by atoms with van der Waals surface area (Å²) in [6.45, 7) is 3.90. The number of fused-ring (bicyclic) bond motifs is 5. The third-order valence-corrected chi connectivity index (χ3v) is 2.77. The second-order valence-electron chi connectivity index (χ2n) is 4.17. The van der Waals surface area contributed by atoms with E-state index in [2.05, 4.69) is 10.2 Å². The summed E-state index contributed by atoms with van der Waals surface area (Å²) in [5.74, 6) is -0.429. The maximum atomic E-state index is 5.73. The second kappa shape index (κ2) is 1.88. The standard InChI is InChI=1S/C8H12N2O2/c1-8(2)11-6-4-3-5(10-9-4)7(6)12-8/h4-7H,3H2,1-2H3. The molecule has 0 aromatic heterocycles. The van der Waals surface area contributed by atoms with Crippen LogP contribution in [-0.4, -0.2) is 30.1 Å². The lowest BCUT2D eigenvalue weighted by molar-refractivity contribution is -0.152. The van der Waals surface area contributed by atoms with Gasteiger partial charge in [0.2, 0.25) is 0 Å². The molecule has 4 unspecified atom stereocenters. The summed E-state index contributed by atoms with van der Waals surface area (Å²) in [6, 6.07) is 0.531. The van der Waals surface area contributed by atoms with Crippen molar-refractivity contribution in [2.45, 2.75) is 50.3 Å². The van der Waals surface area contributed by atoms with Gasteiger partial charge in [0, 0.05) is 6.42 Å². The molecule has 2 aliphatic heterocycles. The van der Waals surface area contributed by atoms with Crippen LogP contribution in [0.15, 0.2) is 10.2 Å². The second-order valence-corrected chi connectivity index (χ2v) is 4.17. The summed E-state index contributed by atoms with van der Waals surface area (Å²) in [5, 5.41) is 8.26. The zero-order chi connectivity index (χ0) is 8.34. The van der Waals surface area contributed by atoms with Crippen LogP contribution in [0.1, 0.15) is 20.3 Å². The van der Waals surface area contributed by atoms with Crippen LogP contribution < -0.4 is 0 Å². The summed E-state index contributed by atoms with van der Waals surface area (Å²) in [5.41, 5.74) is 0. The van der Waals surface area contributed by atoms with Crippen LogP contribution in [0, 0.1) is 0 Å². The van der Waals surface area contributed by atoms with Gasteiger partial charge in [-0.25, -0.2) is 0 Å². The smallest absolute Gasteiger partial charge is 0.163 e. The minimum absolute atomic E-state index is 0.169. The Morgan fingerprint density at radius 2 is 1.58 bits per heavy atom. The van der Waals surface area contributed by atoms with E-state index in [1.165, 1.54) is 0 Å². The van der Waals surface area contributed by atoms with Crippen LogP contribution >= 0.6 is 0 Å². The quantitative estimate of drug-likeness (QED) is 0.543. The van der Waals surface area contributed by atoms with E-state index in [9.17, 15) is 0 Å². The fourth-order valence-electron chi connectivity index (χ4n) is 2.32. The van der Waals surface area contributed by atoms with Gasteiger partial charge in [-0.3, -0.25) is 0 Å². The predicted molar refractivity (Wildman–Crippen MR) is 40.9 cm³/mol. The van der Waals surface area contributed by atoms with Gasteiger partial charge < -0.3 is 9.47 Å². The average Bonchev–Trinajstić information content (AvgIpc) is 2.54. The van der Waals surface area contributed by atoms with Gasteiger partial charge in [0.25, 0.3) is 0 Å². The molecule has 1 aliphatic carbocycles. The van der Waals surface area contributed by atoms with Crippen LogP contribution in [0.3, 0.4) is 0 Å². The first kappa shape index (κ1) is 6.97. The summed E-state index contributed by atoms with van der Waals surface area (Å²) in [4.78, 5) is 0. The van der Waals surface area contributed by atoms with Crippen LogP contribution in [-0.2, 0) is 9.47 Å². The van der Waals surface area contributed by atoms with Crippen molar-refractivity contribution in [2.24, 2.45) is 10.2 Å². The first-order valence-corrected chi connectivity index (χ1v) is 4.41. The van der Waals surface area contributed by atoms with Crippen molar-refractivity contribution in [3.8, 4) is 0 Å². The van der Waals surface area contributed by atoms with Crippen LogP contribution in [0.5, 0.6) is 0 Å². The van der Waals surface area contributed by atoms with Crippen molar-refractivity contribution in [2.75, 3.05) is 0 Å². The number of nitrogens with zero attached hydrogens (tertiary/aromatic N) is 2. The molecule has 4 heteroatoms. The Hall–Kier alpha value is -0.480. The lowest BCUT2D eigenvalue weighted by atomic mass is 10.2. The van der Waals surface area contributed by atoms with Gasteiger partial charge in [-0.05, 0) is 13.8 Å². The van der Waals surface area contributed by atoms with Crippen molar-refractivity contribution in [1.82, 2.24) is 0 Å². The van der Waals surface area contributed by atoms with Crippen LogP contribution in [0.25, 0.3) is 0 Å². The molecule has 4 atom stereocenters. The minimum atomic E-state index is -0.429. The first-order chi connectivity index (χ1) is 5.66. The fraction of sp³-hybridized carbons (Fsp3) is 1.00. The van der Waals surface area contributed by atoms with Crippen LogP contribution in [0.2, 0.25) is 0 Å². The van der Waals surface area contributed by atoms with Crippen LogP contribution in [0.4, 0.5) is 0 Å². The van der Waals surface area contributed by atoms with Gasteiger partial charge in [-0.1, -0.05) is 0 Å². The highest BCUT2D eigenvalue weighted by Crippen LogP contribution is 2.44. The summed E-state index contributed by atoms with van der Waals surface area (Å²) in [6.07, 6.45) is 1.36. The zero-order valence-electron chi connectivity index (χ0n) is 7.23. The topological polar surface area (TPSA) is 43.2 Å². The third-order valence-electron chi connectivity index (χ3n) is 2.77. The Balaban J connectivity index is 1.91. The molecule has 12 heavy (non-hydrogen) atoms. The highest BCUT2D eigenvalue weighted by molar-refractivity contribution is 5.07. The highest BCUT2D eigenvalue weighted by Gasteiger charge is 2.57. The van der Waals surface area contributed by atoms with E-state index in [0.717, 1.165) is 6.42 Å². The van der Waals surface area contributed by atoms with Crippen molar-refractivity contribution < 1.29 is 9.47 Å². The molecule has 66 valence electrons. The third kappa shape index (κ3) is 0.742. The number of azo groups is 1. The maximum absolute atomic E-state index is 5.73. The fourth-order valence-corrected chi connectivity index (χ4v) is 2.32. The molecule has 0 aromatic carbocycles. The number of ether oxygens (including phenoxy) is 2. The molecule has 0 N–H and O–H groups in total. The Morgan fingerprint density at radius 1 is 1.08 bits per heavy atom. The van der Waals surface area contributed by atoms with E-state index in [4.69, 9.17) is 9.47 Å². The predicted octanol–water partition coefficient (Wildman–Crippen LogP) is 1.11. The van der Waals surface area contributed by atoms with E-state index in [1.807, 2.05) is 13.8 Å². The normalized spacial score (nSPS) is 53.2. The van der Waals surface area contributed by atoms with Gasteiger partial charge in [0.15, 0.2) is 5.79 Å². The Kier molecular flexibility index (Phi) is 1.09. The molecule has 1 saturated heterocycles. The Labute approximate surface area is 71.0 Å². The van der Waals surface area contributed by atoms with Gasteiger partial charge in [0.05, 0.1) is 0 Å². The van der Waals surface area contributed by atoms with E-state index < -0.39 is 5.79 Å². The van der Waals surface area contributed by atoms with Gasteiger partial charge in [0.1, 0.15) is 24.3 Å². The SMILES string of the molecule is CC1(C)OC2C3CC(N=N3)C2O1. The molecule has 0 radical (unpaired) electrons. The maximum Gasteiger partial charge on any atom is 0.163 e. The molecule has 2 heterocycles. The summed E-state index contributed by atoms with van der Waals surface area (Å²) in [7, 11) is 0. The summed E-state index contributed by atoms with van der Waals surface area (Å²) >= 11 is 0. The number of hydrogen-bond donors (Lipinski definition) is 0. The van der Waals surface area contributed by atoms with E-state index in [1.54, 1.807) is 0 Å². The minimum Gasteiger partial charge on any atom is -0.342 e. The summed E-state index contributed by atoms with van der Waals surface area (Å²) < 4.78 is 11.5. The molecule has 1 saturated carbocycles. The largest absolute Gasteiger partial charge is 0.342 e. The molecular formula is C8H12N2O2. The number of rotatable bonds is 0. The molecule has 2 bridgehead atoms. The zero-order valence-corrected chi connectivity index (χ0v) is 7.23. The number of hydrogen-bond acceptors (Lipinski definition) is 4. The Bertz CT molecular complexity index is 229. The van der Waals surface area contributed by atoms with E-state index >= 15 is 0 Å². The van der Waals surface area contributed by atoms with E-state index in [-0.39, 0.29) is 24.3 Å². The average molecular weight is 168 g/mol. The molecule has 0 amide bonds. The molecule has 0 spiro atoms. The molecule has 0 aromatic rings. The van der Waals surface area contributed by atoms with Gasteiger partial charge >= 0.3 is 0 Å². The van der Waals surface area contributed by atoms with Crippen molar-refractivity contribution in [3.05, 3.63) is 0 Å². The van der Waals surface area contributed by atoms with Crippen molar-refractivity contribution in [1.29, 1.82) is 0 Å². The molecule has 2 fully saturated rings.